The molecule has 0 radical (unpaired) electrons. The maximum absolute atomic E-state index is 9.43. The summed E-state index contributed by atoms with van der Waals surface area (Å²) in [7, 11) is 1.74. The lowest BCUT2D eigenvalue weighted by molar-refractivity contribution is 0.0712. The Kier molecular flexibility index (Phi) is 8.14. The van der Waals surface area contributed by atoms with Gasteiger partial charge in [-0.25, -0.2) is 0 Å². The maximum atomic E-state index is 9.43. The van der Waals surface area contributed by atoms with Crippen LogP contribution >= 0.6 is 0 Å². The highest BCUT2D eigenvalue weighted by atomic mass is 16.5. The minimum atomic E-state index is -0.539. The van der Waals surface area contributed by atoms with Crippen molar-refractivity contribution in [3.8, 4) is 0 Å². The predicted molar refractivity (Wildman–Crippen MR) is 59.5 cm³/mol. The van der Waals surface area contributed by atoms with Gasteiger partial charge in [-0.3, -0.25) is 0 Å². The highest BCUT2D eigenvalue weighted by Crippen LogP contribution is 2.04. The van der Waals surface area contributed by atoms with Gasteiger partial charge in [0.15, 0.2) is 0 Å². The van der Waals surface area contributed by atoms with Crippen molar-refractivity contribution in [3.63, 3.8) is 0 Å². The van der Waals surface area contributed by atoms with Gasteiger partial charge in [-0.05, 0) is 52.6 Å². The predicted octanol–water partition coefficient (Wildman–Crippen LogP) is 1.55. The second-order valence-corrected chi connectivity index (χ2v) is 4.37. The monoisotopic (exact) mass is 203 g/mol. The van der Waals surface area contributed by atoms with Crippen LogP contribution in [0.4, 0.5) is 0 Å². The summed E-state index contributed by atoms with van der Waals surface area (Å²) in [5, 5.41) is 12.8. The molecule has 0 spiro atoms. The Labute approximate surface area is 87.8 Å². The molecule has 0 aromatic rings. The summed E-state index contributed by atoms with van der Waals surface area (Å²) in [5.74, 6) is 0. The van der Waals surface area contributed by atoms with Crippen LogP contribution in [0, 0.1) is 0 Å². The number of hydrogen-bond donors (Lipinski definition) is 2. The molecule has 0 unspecified atom stereocenters. The smallest absolute Gasteiger partial charge is 0.0603 e. The van der Waals surface area contributed by atoms with Gasteiger partial charge in [0.05, 0.1) is 5.60 Å². The lowest BCUT2D eigenvalue weighted by Crippen LogP contribution is -2.27. The lowest BCUT2D eigenvalue weighted by Gasteiger charge is -2.16. The summed E-state index contributed by atoms with van der Waals surface area (Å²) >= 11 is 0. The molecule has 86 valence electrons. The first-order valence-electron chi connectivity index (χ1n) is 5.48. The van der Waals surface area contributed by atoms with Crippen molar-refractivity contribution < 1.29 is 9.84 Å². The molecule has 2 N–H and O–H groups in total. The average Bonchev–Trinajstić information content (AvgIpc) is 2.08. The van der Waals surface area contributed by atoms with Gasteiger partial charge >= 0.3 is 0 Å². The molecule has 0 fully saturated rings. The van der Waals surface area contributed by atoms with E-state index in [0.717, 1.165) is 32.5 Å². The van der Waals surface area contributed by atoms with E-state index in [0.29, 0.717) is 0 Å². The molecular formula is C11H25NO2. The van der Waals surface area contributed by atoms with E-state index in [2.05, 4.69) is 5.32 Å². The molecule has 0 rings (SSSR count). The SMILES string of the molecule is COCCCCCNCCC(C)(C)O. The lowest BCUT2D eigenvalue weighted by atomic mass is 10.1. The number of rotatable bonds is 9. The van der Waals surface area contributed by atoms with E-state index >= 15 is 0 Å². The number of hydrogen-bond acceptors (Lipinski definition) is 3. The molecular weight excluding hydrogens is 178 g/mol. The Morgan fingerprint density at radius 3 is 2.43 bits per heavy atom. The average molecular weight is 203 g/mol. The van der Waals surface area contributed by atoms with E-state index in [-0.39, 0.29) is 0 Å². The van der Waals surface area contributed by atoms with Gasteiger partial charge in [0.25, 0.3) is 0 Å². The van der Waals surface area contributed by atoms with Crippen LogP contribution in [0.3, 0.4) is 0 Å². The number of unbranched alkanes of at least 4 members (excludes halogenated alkanes) is 2. The van der Waals surface area contributed by atoms with E-state index in [1.165, 1.54) is 12.8 Å². The molecule has 14 heavy (non-hydrogen) atoms. The van der Waals surface area contributed by atoms with Crippen LogP contribution in [0.5, 0.6) is 0 Å². The Bertz CT molecular complexity index is 121. The molecule has 0 bridgehead atoms. The van der Waals surface area contributed by atoms with Crippen LogP contribution in [-0.4, -0.2) is 37.5 Å². The van der Waals surface area contributed by atoms with Gasteiger partial charge in [-0.15, -0.1) is 0 Å². The number of ether oxygens (including phenoxy) is 1. The van der Waals surface area contributed by atoms with Crippen molar-refractivity contribution in [2.24, 2.45) is 0 Å². The van der Waals surface area contributed by atoms with Gasteiger partial charge in [0.1, 0.15) is 0 Å². The highest BCUT2D eigenvalue weighted by molar-refractivity contribution is 4.66. The Morgan fingerprint density at radius 2 is 1.86 bits per heavy atom. The van der Waals surface area contributed by atoms with Gasteiger partial charge in [-0.1, -0.05) is 0 Å². The van der Waals surface area contributed by atoms with E-state index in [9.17, 15) is 5.11 Å². The minimum Gasteiger partial charge on any atom is -0.390 e. The van der Waals surface area contributed by atoms with Crippen LogP contribution in [0.1, 0.15) is 39.5 Å². The van der Waals surface area contributed by atoms with Crippen molar-refractivity contribution in [2.45, 2.75) is 45.1 Å². The molecule has 0 saturated carbocycles. The largest absolute Gasteiger partial charge is 0.390 e. The zero-order valence-electron chi connectivity index (χ0n) is 9.81. The fourth-order valence-corrected chi connectivity index (χ4v) is 1.19. The molecule has 3 nitrogen and oxygen atoms in total. The van der Waals surface area contributed by atoms with Gasteiger partial charge in [-0.2, -0.15) is 0 Å². The van der Waals surface area contributed by atoms with Gasteiger partial charge < -0.3 is 15.2 Å². The fourth-order valence-electron chi connectivity index (χ4n) is 1.19. The molecule has 0 aromatic carbocycles. The molecule has 0 heterocycles. The molecule has 0 amide bonds. The molecule has 3 heteroatoms. The molecule has 0 aliphatic carbocycles. The number of methoxy groups -OCH3 is 1. The van der Waals surface area contributed by atoms with Gasteiger partial charge in [0.2, 0.25) is 0 Å². The second-order valence-electron chi connectivity index (χ2n) is 4.37. The summed E-state index contributed by atoms with van der Waals surface area (Å²) in [6.07, 6.45) is 4.35. The first-order valence-corrected chi connectivity index (χ1v) is 5.48. The first-order chi connectivity index (χ1) is 6.56. The topological polar surface area (TPSA) is 41.5 Å². The quantitative estimate of drug-likeness (QED) is 0.559. The Balaban J connectivity index is 2.99. The maximum Gasteiger partial charge on any atom is 0.0603 e. The molecule has 0 aromatic heterocycles. The van der Waals surface area contributed by atoms with Crippen LogP contribution in [-0.2, 0) is 4.74 Å². The Morgan fingerprint density at radius 1 is 1.14 bits per heavy atom. The number of nitrogens with one attached hydrogen (secondary N) is 1. The van der Waals surface area contributed by atoms with E-state index in [4.69, 9.17) is 4.74 Å². The van der Waals surface area contributed by atoms with Crippen LogP contribution in [0.15, 0.2) is 0 Å². The highest BCUT2D eigenvalue weighted by Gasteiger charge is 2.10. The standard InChI is InChI=1S/C11H25NO2/c1-11(2,13)7-9-12-8-5-4-6-10-14-3/h12-13H,4-10H2,1-3H3. The van der Waals surface area contributed by atoms with Crippen LogP contribution < -0.4 is 5.32 Å². The van der Waals surface area contributed by atoms with Crippen molar-refractivity contribution in [1.82, 2.24) is 5.32 Å². The zero-order valence-corrected chi connectivity index (χ0v) is 9.81. The van der Waals surface area contributed by atoms with Gasteiger partial charge in [0, 0.05) is 13.7 Å². The zero-order chi connectivity index (χ0) is 10.9. The third-order valence-electron chi connectivity index (χ3n) is 2.12. The molecule has 0 saturated heterocycles. The van der Waals surface area contributed by atoms with E-state index in [1.807, 2.05) is 13.8 Å². The minimum absolute atomic E-state index is 0.539. The second kappa shape index (κ2) is 8.21. The third-order valence-corrected chi connectivity index (χ3v) is 2.12. The first kappa shape index (κ1) is 13.9. The van der Waals surface area contributed by atoms with Crippen molar-refractivity contribution in [1.29, 1.82) is 0 Å². The van der Waals surface area contributed by atoms with Crippen LogP contribution in [0.2, 0.25) is 0 Å². The molecule has 0 aliphatic rings. The van der Waals surface area contributed by atoms with Crippen LogP contribution in [0.25, 0.3) is 0 Å². The fraction of sp³-hybridized carbons (Fsp3) is 1.00. The summed E-state index contributed by atoms with van der Waals surface area (Å²) < 4.78 is 4.96. The number of aliphatic hydroxyl groups is 1. The normalized spacial score (nSPS) is 12.0. The third kappa shape index (κ3) is 11.9. The summed E-state index contributed by atoms with van der Waals surface area (Å²) in [6, 6.07) is 0. The summed E-state index contributed by atoms with van der Waals surface area (Å²) in [4.78, 5) is 0. The molecule has 0 aliphatic heterocycles. The van der Waals surface area contributed by atoms with Crippen molar-refractivity contribution >= 4 is 0 Å². The van der Waals surface area contributed by atoms with E-state index in [1.54, 1.807) is 7.11 Å². The molecule has 0 atom stereocenters. The summed E-state index contributed by atoms with van der Waals surface area (Å²) in [5.41, 5.74) is -0.539. The summed E-state index contributed by atoms with van der Waals surface area (Å²) in [6.45, 7) is 6.48. The van der Waals surface area contributed by atoms with E-state index < -0.39 is 5.60 Å². The van der Waals surface area contributed by atoms with Crippen molar-refractivity contribution in [3.05, 3.63) is 0 Å². The Hall–Kier alpha value is -0.120. The van der Waals surface area contributed by atoms with Crippen molar-refractivity contribution in [2.75, 3.05) is 26.8 Å².